The van der Waals surface area contributed by atoms with Crippen LogP contribution in [-0.2, 0) is 20.8 Å². The van der Waals surface area contributed by atoms with E-state index in [0.717, 1.165) is 5.56 Å². The third-order valence-corrected chi connectivity index (χ3v) is 5.23. The molecule has 3 rings (SSSR count). The van der Waals surface area contributed by atoms with Gasteiger partial charge in [-0.3, -0.25) is 14.4 Å². The van der Waals surface area contributed by atoms with E-state index >= 15 is 0 Å². The van der Waals surface area contributed by atoms with Crippen molar-refractivity contribution in [3.63, 3.8) is 0 Å². The minimum absolute atomic E-state index is 0.0642. The van der Waals surface area contributed by atoms with Gasteiger partial charge in [-0.25, -0.2) is 0 Å². The van der Waals surface area contributed by atoms with E-state index < -0.39 is 6.04 Å². The van der Waals surface area contributed by atoms with E-state index in [1.165, 1.54) is 9.80 Å². The molecule has 1 heterocycles. The number of carbonyl (C=O) groups excluding carboxylic acids is 3. The van der Waals surface area contributed by atoms with Crippen molar-refractivity contribution in [1.29, 1.82) is 0 Å². The molecule has 0 unspecified atom stereocenters. The number of likely N-dealkylation sites (N-methyl/N-ethyl adjacent to an activating group) is 1. The second-order valence-electron chi connectivity index (χ2n) is 7.40. The average Bonchev–Trinajstić information content (AvgIpc) is 2.80. The van der Waals surface area contributed by atoms with Gasteiger partial charge in [0.05, 0.1) is 20.2 Å². The number of nitrogens with zero attached hydrogens (tertiary/aromatic N) is 2. The lowest BCUT2D eigenvalue weighted by molar-refractivity contribution is -0.137. The van der Waals surface area contributed by atoms with E-state index in [1.807, 2.05) is 30.3 Å². The van der Waals surface area contributed by atoms with Gasteiger partial charge in [-0.05, 0) is 29.8 Å². The Labute approximate surface area is 182 Å². The van der Waals surface area contributed by atoms with Crippen LogP contribution in [0.15, 0.2) is 54.6 Å². The van der Waals surface area contributed by atoms with Crippen LogP contribution in [0.2, 0.25) is 0 Å². The molecule has 31 heavy (non-hydrogen) atoms. The van der Waals surface area contributed by atoms with Crippen molar-refractivity contribution in [1.82, 2.24) is 15.5 Å². The van der Waals surface area contributed by atoms with Crippen LogP contribution in [0.3, 0.4) is 0 Å². The van der Waals surface area contributed by atoms with Gasteiger partial charge in [0.15, 0.2) is 0 Å². The summed E-state index contributed by atoms with van der Waals surface area (Å²) in [5.74, 6) is -0.0243. The smallest absolute Gasteiger partial charge is 0.249 e. The van der Waals surface area contributed by atoms with Crippen LogP contribution in [0.4, 0.5) is 5.69 Å². The highest BCUT2D eigenvalue weighted by Crippen LogP contribution is 2.19. The minimum atomic E-state index is -0.764. The standard InChI is InChI=1S/C23H28N4O4/c1-26(18-8-10-19(31-2)11-9-18)23(30)20(14-17-6-4-3-5-7-17)25-21(28)16-27-13-12-24-15-22(27)29/h3-11,20,24H,12-16H2,1-2H3,(H,25,28)/t20-/m0/s1. The van der Waals surface area contributed by atoms with E-state index in [-0.39, 0.29) is 30.8 Å². The topological polar surface area (TPSA) is 91.0 Å². The van der Waals surface area contributed by atoms with E-state index in [0.29, 0.717) is 30.9 Å². The third kappa shape index (κ3) is 6.05. The van der Waals surface area contributed by atoms with Crippen LogP contribution in [0.25, 0.3) is 0 Å². The van der Waals surface area contributed by atoms with Crippen molar-refractivity contribution in [3.8, 4) is 5.75 Å². The number of rotatable bonds is 8. The molecule has 1 fully saturated rings. The summed E-state index contributed by atoms with van der Waals surface area (Å²) in [6.45, 7) is 1.27. The number of amides is 3. The molecule has 2 aromatic rings. The van der Waals surface area contributed by atoms with Gasteiger partial charge in [-0.2, -0.15) is 0 Å². The number of benzene rings is 2. The summed E-state index contributed by atoms with van der Waals surface area (Å²) in [5, 5.41) is 5.82. The van der Waals surface area contributed by atoms with Crippen LogP contribution < -0.4 is 20.3 Å². The highest BCUT2D eigenvalue weighted by atomic mass is 16.5. The molecule has 2 aromatic carbocycles. The third-order valence-electron chi connectivity index (χ3n) is 5.23. The maximum atomic E-state index is 13.3. The second kappa shape index (κ2) is 10.6. The Morgan fingerprint density at radius 2 is 1.87 bits per heavy atom. The van der Waals surface area contributed by atoms with Gasteiger partial charge in [0.25, 0.3) is 0 Å². The van der Waals surface area contributed by atoms with Crippen LogP contribution in [0.1, 0.15) is 5.56 Å². The molecule has 8 heteroatoms. The number of methoxy groups -OCH3 is 1. The second-order valence-corrected chi connectivity index (χ2v) is 7.40. The molecule has 0 radical (unpaired) electrons. The lowest BCUT2D eigenvalue weighted by atomic mass is 10.0. The number of hydrogen-bond acceptors (Lipinski definition) is 5. The predicted octanol–water partition coefficient (Wildman–Crippen LogP) is 0.817. The van der Waals surface area contributed by atoms with Gasteiger partial charge in [-0.15, -0.1) is 0 Å². The number of anilines is 1. The summed E-state index contributed by atoms with van der Waals surface area (Å²) in [7, 11) is 3.26. The van der Waals surface area contributed by atoms with Gasteiger partial charge in [-0.1, -0.05) is 30.3 Å². The number of ether oxygens (including phenoxy) is 1. The highest BCUT2D eigenvalue weighted by Gasteiger charge is 2.27. The zero-order valence-corrected chi connectivity index (χ0v) is 17.8. The minimum Gasteiger partial charge on any atom is -0.497 e. The molecule has 0 saturated carbocycles. The molecular weight excluding hydrogens is 396 g/mol. The molecule has 164 valence electrons. The van der Waals surface area contributed by atoms with E-state index in [1.54, 1.807) is 38.4 Å². The SMILES string of the molecule is COc1ccc(N(C)C(=O)[C@H](Cc2ccccc2)NC(=O)CN2CCNCC2=O)cc1. The van der Waals surface area contributed by atoms with E-state index in [9.17, 15) is 14.4 Å². The number of carbonyl (C=O) groups is 3. The maximum Gasteiger partial charge on any atom is 0.249 e. The summed E-state index contributed by atoms with van der Waals surface area (Å²) >= 11 is 0. The summed E-state index contributed by atoms with van der Waals surface area (Å²) in [6, 6.07) is 15.9. The first-order valence-electron chi connectivity index (χ1n) is 10.2. The molecule has 0 aromatic heterocycles. The van der Waals surface area contributed by atoms with Crippen LogP contribution in [0, 0.1) is 0 Å². The summed E-state index contributed by atoms with van der Waals surface area (Å²) in [5.41, 5.74) is 1.62. The van der Waals surface area contributed by atoms with Crippen molar-refractivity contribution in [2.45, 2.75) is 12.5 Å². The first kappa shape index (κ1) is 22.3. The molecule has 3 amide bonds. The quantitative estimate of drug-likeness (QED) is 0.655. The Balaban J connectivity index is 1.73. The number of piperazine rings is 1. The molecule has 1 saturated heterocycles. The fourth-order valence-electron chi connectivity index (χ4n) is 3.44. The Bertz CT molecular complexity index is 902. The molecule has 0 aliphatic carbocycles. The van der Waals surface area contributed by atoms with E-state index in [4.69, 9.17) is 4.74 Å². The first-order chi connectivity index (χ1) is 15.0. The zero-order valence-electron chi connectivity index (χ0n) is 17.8. The Morgan fingerprint density at radius 3 is 2.52 bits per heavy atom. The number of hydrogen-bond donors (Lipinski definition) is 2. The first-order valence-corrected chi connectivity index (χ1v) is 10.2. The molecular formula is C23H28N4O4. The summed E-state index contributed by atoms with van der Waals surface area (Å²) < 4.78 is 5.17. The Hall–Kier alpha value is -3.39. The normalized spacial score (nSPS) is 14.6. The van der Waals surface area contributed by atoms with Crippen molar-refractivity contribution in [3.05, 3.63) is 60.2 Å². The average molecular weight is 425 g/mol. The fourth-order valence-corrected chi connectivity index (χ4v) is 3.44. The molecule has 8 nitrogen and oxygen atoms in total. The fraction of sp³-hybridized carbons (Fsp3) is 0.348. The van der Waals surface area contributed by atoms with Crippen molar-refractivity contribution >= 4 is 23.4 Å². The predicted molar refractivity (Wildman–Crippen MR) is 118 cm³/mol. The van der Waals surface area contributed by atoms with Crippen LogP contribution in [-0.4, -0.2) is 69.0 Å². The van der Waals surface area contributed by atoms with Gasteiger partial charge in [0.2, 0.25) is 17.7 Å². The highest BCUT2D eigenvalue weighted by molar-refractivity contribution is 5.99. The van der Waals surface area contributed by atoms with Gasteiger partial charge in [0.1, 0.15) is 11.8 Å². The largest absolute Gasteiger partial charge is 0.497 e. The van der Waals surface area contributed by atoms with Crippen molar-refractivity contribution < 1.29 is 19.1 Å². The van der Waals surface area contributed by atoms with Gasteiger partial charge < -0.3 is 25.2 Å². The molecule has 1 aliphatic heterocycles. The maximum absolute atomic E-state index is 13.3. The Kier molecular flexibility index (Phi) is 7.61. The summed E-state index contributed by atoms with van der Waals surface area (Å²) in [4.78, 5) is 41.0. The van der Waals surface area contributed by atoms with Crippen LogP contribution in [0.5, 0.6) is 5.75 Å². The molecule has 1 atom stereocenters. The van der Waals surface area contributed by atoms with Crippen molar-refractivity contribution in [2.24, 2.45) is 0 Å². The van der Waals surface area contributed by atoms with Crippen molar-refractivity contribution in [2.75, 3.05) is 45.2 Å². The summed E-state index contributed by atoms with van der Waals surface area (Å²) in [6.07, 6.45) is 0.349. The Morgan fingerprint density at radius 1 is 1.16 bits per heavy atom. The van der Waals surface area contributed by atoms with Crippen LogP contribution >= 0.6 is 0 Å². The zero-order chi connectivity index (χ0) is 22.2. The lowest BCUT2D eigenvalue weighted by Crippen LogP contribution is -2.54. The molecule has 0 bridgehead atoms. The van der Waals surface area contributed by atoms with E-state index in [2.05, 4.69) is 10.6 Å². The lowest BCUT2D eigenvalue weighted by Gasteiger charge is -2.29. The molecule has 2 N–H and O–H groups in total. The molecule has 0 spiro atoms. The monoisotopic (exact) mass is 424 g/mol. The van der Waals surface area contributed by atoms with Gasteiger partial charge in [0, 0.05) is 32.2 Å². The molecule has 1 aliphatic rings. The van der Waals surface area contributed by atoms with Gasteiger partial charge >= 0.3 is 0 Å². The number of nitrogens with one attached hydrogen (secondary N) is 2.